The number of aromatic nitrogens is 2. The Morgan fingerprint density at radius 1 is 1.33 bits per heavy atom. The van der Waals surface area contributed by atoms with Crippen molar-refractivity contribution in [1.29, 1.82) is 0 Å². The van der Waals surface area contributed by atoms with Crippen molar-refractivity contribution in [3.63, 3.8) is 0 Å². The molecule has 1 fully saturated rings. The zero-order valence-corrected chi connectivity index (χ0v) is 13.2. The molecule has 1 heterocycles. The highest BCUT2D eigenvalue weighted by Gasteiger charge is 2.59. The monoisotopic (exact) mass is 334 g/mol. The van der Waals surface area contributed by atoms with Gasteiger partial charge in [-0.15, -0.1) is 0 Å². The molecule has 0 amide bonds. The molecule has 3 aliphatic rings. The van der Waals surface area contributed by atoms with E-state index in [9.17, 15) is 13.2 Å². The number of alkyl halides is 3. The normalized spacial score (nSPS) is 31.7. The lowest BCUT2D eigenvalue weighted by molar-refractivity contribution is -0.115. The quantitative estimate of drug-likeness (QED) is 0.847. The third kappa shape index (κ3) is 1.64. The molecule has 0 radical (unpaired) electrons. The SMILES string of the molecule is CO[C@H]1C(C(F)(F)F)=C2c3ccc4[nH]ncc4c3CC23CC[C@@H]1C3. The molecule has 5 rings (SSSR count). The van der Waals surface area contributed by atoms with E-state index in [4.69, 9.17) is 4.74 Å². The number of H-pyrrole nitrogens is 1. The largest absolute Gasteiger partial charge is 0.415 e. The Kier molecular flexibility index (Phi) is 2.67. The van der Waals surface area contributed by atoms with Gasteiger partial charge < -0.3 is 4.74 Å². The smallest absolute Gasteiger partial charge is 0.376 e. The van der Waals surface area contributed by atoms with E-state index >= 15 is 0 Å². The first-order valence-electron chi connectivity index (χ1n) is 8.24. The van der Waals surface area contributed by atoms with E-state index in [0.717, 1.165) is 41.3 Å². The Balaban J connectivity index is 1.86. The molecule has 1 spiro atoms. The molecule has 1 unspecified atom stereocenters. The van der Waals surface area contributed by atoms with Crippen molar-refractivity contribution in [2.24, 2.45) is 11.3 Å². The Labute approximate surface area is 136 Å². The molecule has 0 saturated heterocycles. The molecule has 1 aromatic carbocycles. The van der Waals surface area contributed by atoms with Gasteiger partial charge in [-0.1, -0.05) is 6.07 Å². The van der Waals surface area contributed by atoms with Gasteiger partial charge in [0.2, 0.25) is 0 Å². The minimum atomic E-state index is -4.36. The minimum absolute atomic E-state index is 0.0375. The fraction of sp³-hybridized carbons (Fsp3) is 0.500. The summed E-state index contributed by atoms with van der Waals surface area (Å²) in [6, 6.07) is 3.67. The van der Waals surface area contributed by atoms with Crippen LogP contribution in [0.1, 0.15) is 30.4 Å². The van der Waals surface area contributed by atoms with Gasteiger partial charge in [-0.2, -0.15) is 18.3 Å². The zero-order chi connectivity index (χ0) is 16.7. The number of allylic oxidation sites excluding steroid dienone is 1. The van der Waals surface area contributed by atoms with Gasteiger partial charge in [-0.25, -0.2) is 0 Å². The number of aromatic amines is 1. The van der Waals surface area contributed by atoms with Gasteiger partial charge in [0.25, 0.3) is 0 Å². The van der Waals surface area contributed by atoms with Crippen molar-refractivity contribution in [2.45, 2.75) is 38.0 Å². The van der Waals surface area contributed by atoms with Crippen LogP contribution in [0, 0.1) is 11.3 Å². The topological polar surface area (TPSA) is 37.9 Å². The van der Waals surface area contributed by atoms with Crippen LogP contribution in [-0.4, -0.2) is 29.6 Å². The van der Waals surface area contributed by atoms with Crippen molar-refractivity contribution < 1.29 is 17.9 Å². The first kappa shape index (κ1) is 14.5. The van der Waals surface area contributed by atoms with Gasteiger partial charge in [0.15, 0.2) is 0 Å². The maximum atomic E-state index is 14.0. The highest BCUT2D eigenvalue weighted by Crippen LogP contribution is 2.65. The van der Waals surface area contributed by atoms with Gasteiger partial charge in [0.1, 0.15) is 0 Å². The molecule has 1 aromatic heterocycles. The fourth-order valence-electron chi connectivity index (χ4n) is 5.45. The zero-order valence-electron chi connectivity index (χ0n) is 13.2. The van der Waals surface area contributed by atoms with Crippen LogP contribution in [0.4, 0.5) is 13.2 Å². The summed E-state index contributed by atoms with van der Waals surface area (Å²) in [5, 5.41) is 7.93. The van der Waals surface area contributed by atoms with E-state index in [1.807, 2.05) is 12.1 Å². The van der Waals surface area contributed by atoms with Crippen LogP contribution in [0.15, 0.2) is 23.9 Å². The summed E-state index contributed by atoms with van der Waals surface area (Å²) in [5.74, 6) is -0.0375. The number of nitrogens with one attached hydrogen (secondary N) is 1. The van der Waals surface area contributed by atoms with Crippen molar-refractivity contribution in [3.8, 4) is 0 Å². The molecule has 6 heteroatoms. The molecule has 1 N–H and O–H groups in total. The highest BCUT2D eigenvalue weighted by molar-refractivity contribution is 5.93. The number of rotatable bonds is 1. The molecule has 2 bridgehead atoms. The van der Waals surface area contributed by atoms with Crippen molar-refractivity contribution in [2.75, 3.05) is 7.11 Å². The first-order valence-corrected chi connectivity index (χ1v) is 8.24. The average Bonchev–Trinajstić information content (AvgIpc) is 3.21. The van der Waals surface area contributed by atoms with E-state index in [1.54, 1.807) is 6.20 Å². The summed E-state index contributed by atoms with van der Waals surface area (Å²) < 4.78 is 47.3. The number of methoxy groups -OCH3 is 1. The summed E-state index contributed by atoms with van der Waals surface area (Å²) >= 11 is 0. The maximum absolute atomic E-state index is 14.0. The van der Waals surface area contributed by atoms with Crippen LogP contribution >= 0.6 is 0 Å². The van der Waals surface area contributed by atoms with Crippen LogP contribution in [-0.2, 0) is 11.2 Å². The summed E-state index contributed by atoms with van der Waals surface area (Å²) in [6.45, 7) is 0. The molecule has 0 aliphatic heterocycles. The van der Waals surface area contributed by atoms with Crippen LogP contribution in [0.3, 0.4) is 0 Å². The Morgan fingerprint density at radius 3 is 2.92 bits per heavy atom. The maximum Gasteiger partial charge on any atom is 0.415 e. The van der Waals surface area contributed by atoms with Gasteiger partial charge in [-0.3, -0.25) is 5.10 Å². The summed E-state index contributed by atoms with van der Waals surface area (Å²) in [7, 11) is 1.40. The lowest BCUT2D eigenvalue weighted by atomic mass is 9.70. The number of halogens is 3. The van der Waals surface area contributed by atoms with Gasteiger partial charge in [-0.05, 0) is 54.4 Å². The molecule has 126 valence electrons. The van der Waals surface area contributed by atoms with Crippen molar-refractivity contribution >= 4 is 16.5 Å². The predicted molar refractivity (Wildman–Crippen MR) is 83.3 cm³/mol. The number of ether oxygens (including phenoxy) is 1. The van der Waals surface area contributed by atoms with Crippen molar-refractivity contribution in [3.05, 3.63) is 35.0 Å². The second-order valence-corrected chi connectivity index (χ2v) is 7.33. The predicted octanol–water partition coefficient (Wildman–Crippen LogP) is 4.25. The number of fused-ring (bicyclic) bond motifs is 5. The molecule has 3 atom stereocenters. The molecule has 1 saturated carbocycles. The molecular weight excluding hydrogens is 317 g/mol. The lowest BCUT2D eigenvalue weighted by Crippen LogP contribution is -2.38. The Hall–Kier alpha value is -1.82. The van der Waals surface area contributed by atoms with E-state index in [1.165, 1.54) is 7.11 Å². The molecule has 3 aliphatic carbocycles. The number of nitrogens with zero attached hydrogens (tertiary/aromatic N) is 1. The fourth-order valence-corrected chi connectivity index (χ4v) is 5.45. The van der Waals surface area contributed by atoms with Gasteiger partial charge >= 0.3 is 6.18 Å². The van der Waals surface area contributed by atoms with E-state index in [2.05, 4.69) is 10.2 Å². The lowest BCUT2D eigenvalue weighted by Gasteiger charge is -2.38. The van der Waals surface area contributed by atoms with Crippen LogP contribution < -0.4 is 0 Å². The second-order valence-electron chi connectivity index (χ2n) is 7.33. The highest BCUT2D eigenvalue weighted by atomic mass is 19.4. The van der Waals surface area contributed by atoms with Crippen molar-refractivity contribution in [1.82, 2.24) is 10.2 Å². The Morgan fingerprint density at radius 2 is 2.17 bits per heavy atom. The second kappa shape index (κ2) is 4.42. The summed E-state index contributed by atoms with van der Waals surface area (Å²) in [4.78, 5) is 0. The Bertz CT molecular complexity index is 882. The molecule has 3 nitrogen and oxygen atoms in total. The van der Waals surface area contributed by atoms with Gasteiger partial charge in [0, 0.05) is 17.9 Å². The van der Waals surface area contributed by atoms with Gasteiger partial charge in [0.05, 0.1) is 23.4 Å². The number of hydrogen-bond acceptors (Lipinski definition) is 2. The van der Waals surface area contributed by atoms with Crippen LogP contribution in [0.25, 0.3) is 16.5 Å². The number of benzene rings is 1. The molecule has 24 heavy (non-hydrogen) atoms. The number of hydrogen-bond donors (Lipinski definition) is 1. The standard InChI is InChI=1S/C18H17F3N2O/c1-24-16-9-4-5-17(6-9)7-11-10(14(17)15(16)18(19,20)21)2-3-13-12(11)8-22-23-13/h2-3,8-9,16H,4-7H2,1H3,(H,22,23)/t9-,16-,17?/m1/s1. The third-order valence-corrected chi connectivity index (χ3v) is 6.24. The summed E-state index contributed by atoms with van der Waals surface area (Å²) in [6.07, 6.45) is -0.408. The minimum Gasteiger partial charge on any atom is -0.376 e. The summed E-state index contributed by atoms with van der Waals surface area (Å²) in [5.41, 5.74) is 2.32. The van der Waals surface area contributed by atoms with E-state index in [0.29, 0.717) is 12.0 Å². The third-order valence-electron chi connectivity index (χ3n) is 6.24. The first-order chi connectivity index (χ1) is 11.4. The van der Waals surface area contributed by atoms with E-state index in [-0.39, 0.29) is 11.3 Å². The molecular formula is C18H17F3N2O. The van der Waals surface area contributed by atoms with Crippen LogP contribution in [0.5, 0.6) is 0 Å². The average molecular weight is 334 g/mol. The van der Waals surface area contributed by atoms with Crippen LogP contribution in [0.2, 0.25) is 0 Å². The molecule has 2 aromatic rings. The van der Waals surface area contributed by atoms with E-state index < -0.39 is 17.9 Å².